The van der Waals surface area contributed by atoms with Gasteiger partial charge in [-0.15, -0.1) is 0 Å². The van der Waals surface area contributed by atoms with Crippen LogP contribution < -0.4 is 10.2 Å². The van der Waals surface area contributed by atoms with Crippen molar-refractivity contribution < 1.29 is 9.59 Å². The van der Waals surface area contributed by atoms with Crippen LogP contribution in [-0.2, 0) is 16.0 Å². The van der Waals surface area contributed by atoms with Crippen molar-refractivity contribution in [3.8, 4) is 0 Å². The third-order valence-corrected chi connectivity index (χ3v) is 5.61. The Labute approximate surface area is 157 Å². The minimum absolute atomic E-state index is 0.0851. The number of nitrogens with zero attached hydrogens (tertiary/aromatic N) is 2. The number of para-hydroxylation sites is 2. The summed E-state index contributed by atoms with van der Waals surface area (Å²) in [7, 11) is 0. The molecule has 27 heavy (non-hydrogen) atoms. The first-order valence-electron chi connectivity index (χ1n) is 9.24. The second-order valence-electron chi connectivity index (χ2n) is 7.25. The van der Waals surface area contributed by atoms with Gasteiger partial charge in [0, 0.05) is 23.8 Å². The number of carbonyl (C=O) groups is 2. The summed E-state index contributed by atoms with van der Waals surface area (Å²) in [6, 6.07) is 17.4. The molecule has 5 heteroatoms. The zero-order chi connectivity index (χ0) is 18.4. The van der Waals surface area contributed by atoms with Crippen LogP contribution in [0.2, 0.25) is 0 Å². The topological polar surface area (TPSA) is 62.3 Å². The van der Waals surface area contributed by atoms with Crippen molar-refractivity contribution in [3.05, 3.63) is 66.4 Å². The van der Waals surface area contributed by atoms with E-state index >= 15 is 0 Å². The van der Waals surface area contributed by atoms with Crippen molar-refractivity contribution in [3.63, 3.8) is 0 Å². The zero-order valence-corrected chi connectivity index (χ0v) is 14.8. The van der Waals surface area contributed by atoms with Gasteiger partial charge in [0.05, 0.1) is 11.2 Å². The average molecular weight is 357 g/mol. The smallest absolute Gasteiger partial charge is 0.242 e. The van der Waals surface area contributed by atoms with E-state index in [2.05, 4.69) is 10.3 Å². The summed E-state index contributed by atoms with van der Waals surface area (Å²) < 4.78 is 0. The number of fused-ring (bicyclic) bond motifs is 2. The van der Waals surface area contributed by atoms with Crippen LogP contribution in [0.25, 0.3) is 10.9 Å². The Balaban J connectivity index is 1.42. The minimum atomic E-state index is -0.950. The first-order chi connectivity index (χ1) is 13.2. The van der Waals surface area contributed by atoms with Gasteiger partial charge in [-0.1, -0.05) is 36.4 Å². The molecule has 2 heterocycles. The van der Waals surface area contributed by atoms with Crippen LogP contribution in [-0.4, -0.2) is 23.3 Å². The predicted molar refractivity (Wildman–Crippen MR) is 105 cm³/mol. The van der Waals surface area contributed by atoms with Gasteiger partial charge in [-0.2, -0.15) is 0 Å². The summed E-state index contributed by atoms with van der Waals surface area (Å²) in [5.41, 5.74) is 2.55. The fourth-order valence-corrected chi connectivity index (χ4v) is 3.92. The molecule has 0 saturated heterocycles. The molecular formula is C22H19N3O2. The normalized spacial score (nSPS) is 16.8. The lowest BCUT2D eigenvalue weighted by atomic mass is 10.0. The molecule has 1 N–H and O–H groups in total. The highest BCUT2D eigenvalue weighted by Gasteiger charge is 2.58. The Morgan fingerprint density at radius 3 is 2.67 bits per heavy atom. The molecule has 0 radical (unpaired) electrons. The van der Waals surface area contributed by atoms with Gasteiger partial charge in [-0.05, 0) is 43.0 Å². The molecule has 1 aliphatic heterocycles. The number of amides is 2. The Hall–Kier alpha value is -3.21. The standard InChI is InChI=1S/C22H19N3O2/c26-20(24-17-8-3-6-16-7-4-13-23-19(16)17)22(11-12-22)21(27)25-14-10-15-5-1-2-9-18(15)25/h1-9,13H,10-12,14H2,(H,24,26). The van der Waals surface area contributed by atoms with Gasteiger partial charge in [-0.3, -0.25) is 14.6 Å². The maximum absolute atomic E-state index is 13.2. The monoisotopic (exact) mass is 357 g/mol. The van der Waals surface area contributed by atoms with Crippen LogP contribution in [0.15, 0.2) is 60.8 Å². The molecule has 1 saturated carbocycles. The quantitative estimate of drug-likeness (QED) is 0.729. The van der Waals surface area contributed by atoms with Crippen LogP contribution in [0.1, 0.15) is 18.4 Å². The number of rotatable bonds is 3. The van der Waals surface area contributed by atoms with E-state index in [0.29, 0.717) is 25.1 Å². The summed E-state index contributed by atoms with van der Waals surface area (Å²) in [6.45, 7) is 0.642. The maximum Gasteiger partial charge on any atom is 0.242 e. The van der Waals surface area contributed by atoms with E-state index in [1.54, 1.807) is 11.1 Å². The number of hydrogen-bond acceptors (Lipinski definition) is 3. The van der Waals surface area contributed by atoms with Crippen molar-refractivity contribution in [1.29, 1.82) is 0 Å². The lowest BCUT2D eigenvalue weighted by Gasteiger charge is -2.23. The van der Waals surface area contributed by atoms with E-state index in [4.69, 9.17) is 0 Å². The Bertz CT molecular complexity index is 1070. The highest BCUT2D eigenvalue weighted by molar-refractivity contribution is 6.19. The number of carbonyl (C=O) groups excluding carboxylic acids is 2. The Morgan fingerprint density at radius 2 is 1.81 bits per heavy atom. The van der Waals surface area contributed by atoms with Crippen LogP contribution >= 0.6 is 0 Å². The lowest BCUT2D eigenvalue weighted by molar-refractivity contribution is -0.132. The van der Waals surface area contributed by atoms with E-state index < -0.39 is 5.41 Å². The van der Waals surface area contributed by atoms with Crippen LogP contribution in [0.4, 0.5) is 11.4 Å². The van der Waals surface area contributed by atoms with Gasteiger partial charge >= 0.3 is 0 Å². The zero-order valence-electron chi connectivity index (χ0n) is 14.8. The van der Waals surface area contributed by atoms with E-state index in [-0.39, 0.29) is 11.8 Å². The number of hydrogen-bond donors (Lipinski definition) is 1. The molecule has 2 aliphatic rings. The number of anilines is 2. The lowest BCUT2D eigenvalue weighted by Crippen LogP contribution is -2.42. The van der Waals surface area contributed by atoms with E-state index in [0.717, 1.165) is 23.0 Å². The summed E-state index contributed by atoms with van der Waals surface area (Å²) in [5.74, 6) is -0.312. The molecule has 1 aliphatic carbocycles. The Kier molecular flexibility index (Phi) is 3.50. The fraction of sp³-hybridized carbons (Fsp3) is 0.227. The second kappa shape index (κ2) is 5.91. The summed E-state index contributed by atoms with van der Waals surface area (Å²) in [4.78, 5) is 32.5. The van der Waals surface area contributed by atoms with Crippen molar-refractivity contribution in [2.75, 3.05) is 16.8 Å². The first-order valence-corrected chi connectivity index (χ1v) is 9.24. The molecule has 2 amide bonds. The van der Waals surface area contributed by atoms with Gasteiger partial charge < -0.3 is 10.2 Å². The first kappa shape index (κ1) is 16.0. The molecule has 5 nitrogen and oxygen atoms in total. The molecule has 2 aromatic carbocycles. The summed E-state index contributed by atoms with van der Waals surface area (Å²) >= 11 is 0. The van der Waals surface area contributed by atoms with Crippen LogP contribution in [0.3, 0.4) is 0 Å². The molecule has 1 fully saturated rings. The van der Waals surface area contributed by atoms with Crippen LogP contribution in [0, 0.1) is 5.41 Å². The van der Waals surface area contributed by atoms with Crippen molar-refractivity contribution in [2.45, 2.75) is 19.3 Å². The highest BCUT2D eigenvalue weighted by atomic mass is 16.2. The second-order valence-corrected chi connectivity index (χ2v) is 7.25. The van der Waals surface area contributed by atoms with Gasteiger partial charge in [0.1, 0.15) is 5.41 Å². The van der Waals surface area contributed by atoms with Gasteiger partial charge in [0.2, 0.25) is 11.8 Å². The molecular weight excluding hydrogens is 338 g/mol. The number of nitrogens with one attached hydrogen (secondary N) is 1. The summed E-state index contributed by atoms with van der Waals surface area (Å²) in [5, 5.41) is 3.93. The van der Waals surface area contributed by atoms with Gasteiger partial charge in [-0.25, -0.2) is 0 Å². The highest BCUT2D eigenvalue weighted by Crippen LogP contribution is 2.49. The van der Waals surface area contributed by atoms with E-state index in [9.17, 15) is 9.59 Å². The third kappa shape index (κ3) is 2.50. The van der Waals surface area contributed by atoms with E-state index in [1.807, 2.05) is 54.6 Å². The number of benzene rings is 2. The third-order valence-electron chi connectivity index (χ3n) is 5.61. The molecule has 5 rings (SSSR count). The average Bonchev–Trinajstić information content (AvgIpc) is 3.41. The minimum Gasteiger partial charge on any atom is -0.323 e. The maximum atomic E-state index is 13.2. The predicted octanol–water partition coefficient (Wildman–Crippen LogP) is 3.54. The molecule has 0 bridgehead atoms. The Morgan fingerprint density at radius 1 is 1.00 bits per heavy atom. The van der Waals surface area contributed by atoms with Gasteiger partial charge in [0.15, 0.2) is 0 Å². The van der Waals surface area contributed by atoms with Crippen molar-refractivity contribution >= 4 is 34.1 Å². The number of aromatic nitrogens is 1. The van der Waals surface area contributed by atoms with Crippen molar-refractivity contribution in [2.24, 2.45) is 5.41 Å². The molecule has 0 atom stereocenters. The molecule has 1 aromatic heterocycles. The number of pyridine rings is 1. The largest absolute Gasteiger partial charge is 0.323 e. The van der Waals surface area contributed by atoms with Crippen LogP contribution in [0.5, 0.6) is 0 Å². The molecule has 3 aromatic rings. The summed E-state index contributed by atoms with van der Waals surface area (Å²) in [6.07, 6.45) is 3.73. The SMILES string of the molecule is O=C(Nc1cccc2cccnc12)C1(C(=O)N2CCc3ccccc32)CC1. The fourth-order valence-electron chi connectivity index (χ4n) is 3.92. The van der Waals surface area contributed by atoms with Crippen molar-refractivity contribution in [1.82, 2.24) is 4.98 Å². The molecule has 134 valence electrons. The van der Waals surface area contributed by atoms with Gasteiger partial charge in [0.25, 0.3) is 0 Å². The van der Waals surface area contributed by atoms with E-state index in [1.165, 1.54) is 5.56 Å². The molecule has 0 spiro atoms. The molecule has 0 unspecified atom stereocenters.